The number of nitrogens with one attached hydrogen (secondary N) is 2. The number of hydrogen-bond donors (Lipinski definition) is 6. The lowest BCUT2D eigenvalue weighted by molar-refractivity contribution is 0.0600. The molecule has 0 atom stereocenters. The number of nitrogen functional groups attached to an aromatic ring is 2. The second kappa shape index (κ2) is 15.7. The van der Waals surface area contributed by atoms with Gasteiger partial charge in [-0.2, -0.15) is 0 Å². The fraction of sp³-hybridized carbons (Fsp3) is 0.367. The number of methoxy groups -OCH3 is 2. The standard InChI is InChI=1S/C30H38N6O7/c1-41-24-18-21(29(38)42-2)16-23(32)26(24)34-10-4-5-11-35-27-22(31)15-20(28(33)37)17-25(27)43-14-6-3-7-19-8-12-36(13-9-19)30(39)40/h4-5,15-19,34-35H,7-14,31-32H2,1-2H3,(H2,33,37)(H,39,40)/b5-4+. The van der Waals surface area contributed by atoms with Gasteiger partial charge in [-0.05, 0) is 43.0 Å². The van der Waals surface area contributed by atoms with Gasteiger partial charge in [0.2, 0.25) is 5.91 Å². The molecule has 230 valence electrons. The minimum atomic E-state index is -0.887. The van der Waals surface area contributed by atoms with Crippen LogP contribution in [-0.4, -0.2) is 75.0 Å². The molecule has 3 rings (SSSR count). The fourth-order valence-electron chi connectivity index (χ4n) is 4.50. The molecule has 0 unspecified atom stereocenters. The third kappa shape index (κ3) is 9.12. The Bertz CT molecular complexity index is 1410. The van der Waals surface area contributed by atoms with E-state index in [1.807, 2.05) is 12.2 Å². The van der Waals surface area contributed by atoms with E-state index in [2.05, 4.69) is 22.5 Å². The summed E-state index contributed by atoms with van der Waals surface area (Å²) in [6.45, 7) is 1.89. The highest BCUT2D eigenvalue weighted by Gasteiger charge is 2.21. The average Bonchev–Trinajstić information content (AvgIpc) is 2.99. The van der Waals surface area contributed by atoms with Crippen molar-refractivity contribution in [2.45, 2.75) is 19.3 Å². The zero-order valence-electron chi connectivity index (χ0n) is 24.3. The summed E-state index contributed by atoms with van der Waals surface area (Å²) in [5, 5.41) is 15.4. The number of esters is 1. The summed E-state index contributed by atoms with van der Waals surface area (Å²) in [6.07, 6.45) is 5.04. The van der Waals surface area contributed by atoms with Gasteiger partial charge in [0.15, 0.2) is 0 Å². The SMILES string of the molecule is COC(=O)c1cc(N)c(NC/C=C/CNc2c(N)cc(C(N)=O)cc2OCC#CCC2CCN(C(=O)O)CC2)c(OC)c1. The lowest BCUT2D eigenvalue weighted by Gasteiger charge is -2.28. The van der Waals surface area contributed by atoms with Gasteiger partial charge in [-0.1, -0.05) is 24.0 Å². The van der Waals surface area contributed by atoms with Crippen molar-refractivity contribution in [3.8, 4) is 23.3 Å². The topological polar surface area (TPSA) is 204 Å². The molecule has 9 N–H and O–H groups in total. The first kappa shape index (κ1) is 32.3. The third-order valence-electron chi connectivity index (χ3n) is 6.85. The molecule has 1 saturated heterocycles. The number of primary amides is 1. The normalized spacial score (nSPS) is 13.1. The maximum absolute atomic E-state index is 11.8. The van der Waals surface area contributed by atoms with Crippen LogP contribution in [0, 0.1) is 17.8 Å². The smallest absolute Gasteiger partial charge is 0.407 e. The average molecular weight is 595 g/mol. The Balaban J connectivity index is 1.56. The first-order valence-corrected chi connectivity index (χ1v) is 13.6. The first-order valence-electron chi connectivity index (χ1n) is 13.6. The highest BCUT2D eigenvalue weighted by molar-refractivity contribution is 5.96. The van der Waals surface area contributed by atoms with Crippen LogP contribution in [0.5, 0.6) is 11.5 Å². The third-order valence-corrected chi connectivity index (χ3v) is 6.85. The van der Waals surface area contributed by atoms with Crippen LogP contribution in [0.2, 0.25) is 0 Å². The van der Waals surface area contributed by atoms with E-state index in [4.69, 9.17) is 36.5 Å². The summed E-state index contributed by atoms with van der Waals surface area (Å²) in [5.74, 6) is 6.01. The van der Waals surface area contributed by atoms with Gasteiger partial charge in [-0.15, -0.1) is 0 Å². The summed E-state index contributed by atoms with van der Waals surface area (Å²) in [6, 6.07) is 6.05. The molecule has 13 nitrogen and oxygen atoms in total. The molecule has 1 aliphatic heterocycles. The summed E-state index contributed by atoms with van der Waals surface area (Å²) in [4.78, 5) is 36.1. The molecule has 1 heterocycles. The number of likely N-dealkylation sites (tertiary alicyclic amines) is 1. The molecule has 0 bridgehead atoms. The number of carboxylic acid groups (broad SMARTS) is 1. The van der Waals surface area contributed by atoms with Crippen molar-refractivity contribution in [1.82, 2.24) is 4.90 Å². The van der Waals surface area contributed by atoms with Crippen LogP contribution in [0.1, 0.15) is 40.0 Å². The maximum atomic E-state index is 11.8. The van der Waals surface area contributed by atoms with Crippen LogP contribution in [-0.2, 0) is 4.74 Å². The van der Waals surface area contributed by atoms with Crippen LogP contribution in [0.4, 0.5) is 27.5 Å². The Labute approximate surface area is 250 Å². The molecular weight excluding hydrogens is 556 g/mol. The monoisotopic (exact) mass is 594 g/mol. The van der Waals surface area contributed by atoms with Crippen molar-refractivity contribution in [2.24, 2.45) is 11.7 Å². The van der Waals surface area contributed by atoms with Crippen molar-refractivity contribution in [3.63, 3.8) is 0 Å². The predicted molar refractivity (Wildman–Crippen MR) is 164 cm³/mol. The van der Waals surface area contributed by atoms with Crippen molar-refractivity contribution in [1.29, 1.82) is 0 Å². The molecule has 0 spiro atoms. The molecule has 0 radical (unpaired) electrons. The van der Waals surface area contributed by atoms with E-state index in [1.165, 1.54) is 37.3 Å². The number of nitrogens with two attached hydrogens (primary N) is 3. The second-order valence-corrected chi connectivity index (χ2v) is 9.73. The van der Waals surface area contributed by atoms with Crippen LogP contribution in [0.3, 0.4) is 0 Å². The summed E-state index contributed by atoms with van der Waals surface area (Å²) in [7, 11) is 2.77. The molecule has 1 aliphatic rings. The van der Waals surface area contributed by atoms with E-state index < -0.39 is 18.0 Å². The van der Waals surface area contributed by atoms with Gasteiger partial charge >= 0.3 is 12.1 Å². The Hall–Kier alpha value is -5.25. The van der Waals surface area contributed by atoms with Crippen LogP contribution in [0.15, 0.2) is 36.4 Å². The van der Waals surface area contributed by atoms with Crippen molar-refractivity contribution < 1.29 is 33.7 Å². The molecule has 43 heavy (non-hydrogen) atoms. The zero-order valence-corrected chi connectivity index (χ0v) is 24.3. The summed E-state index contributed by atoms with van der Waals surface area (Å²) < 4.78 is 16.0. The van der Waals surface area contributed by atoms with Crippen LogP contribution < -0.4 is 37.3 Å². The molecule has 2 aromatic rings. The quantitative estimate of drug-likeness (QED) is 0.0912. The van der Waals surface area contributed by atoms with E-state index in [0.29, 0.717) is 72.8 Å². The number of nitrogens with zero attached hydrogens (tertiary/aromatic N) is 1. The fourth-order valence-corrected chi connectivity index (χ4v) is 4.50. The number of piperidine rings is 1. The van der Waals surface area contributed by atoms with E-state index in [1.54, 1.807) is 6.07 Å². The highest BCUT2D eigenvalue weighted by Crippen LogP contribution is 2.33. The van der Waals surface area contributed by atoms with Crippen molar-refractivity contribution in [2.75, 3.05) is 69.1 Å². The van der Waals surface area contributed by atoms with Crippen molar-refractivity contribution >= 4 is 40.7 Å². The Kier molecular flexibility index (Phi) is 11.8. The lowest BCUT2D eigenvalue weighted by atomic mass is 9.94. The molecule has 13 heteroatoms. The number of hydrogen-bond acceptors (Lipinski definition) is 10. The molecule has 1 fully saturated rings. The number of ether oxygens (including phenoxy) is 3. The number of amides is 2. The highest BCUT2D eigenvalue weighted by atomic mass is 16.5. The largest absolute Gasteiger partial charge is 0.494 e. The van der Waals surface area contributed by atoms with Gasteiger partial charge in [0.1, 0.15) is 29.5 Å². The van der Waals surface area contributed by atoms with Crippen LogP contribution in [0.25, 0.3) is 0 Å². The van der Waals surface area contributed by atoms with E-state index in [9.17, 15) is 14.4 Å². The number of benzene rings is 2. The number of carbonyl (C=O) groups excluding carboxylic acids is 2. The minimum absolute atomic E-state index is 0.0715. The van der Waals surface area contributed by atoms with Gasteiger partial charge in [0.05, 0.1) is 31.2 Å². The van der Waals surface area contributed by atoms with Gasteiger partial charge in [0, 0.05) is 38.2 Å². The molecule has 0 aromatic heterocycles. The Morgan fingerprint density at radius 1 is 0.953 bits per heavy atom. The molecular formula is C30H38N6O7. The molecule has 2 aromatic carbocycles. The van der Waals surface area contributed by atoms with Gasteiger partial charge in [-0.25, -0.2) is 9.59 Å². The molecule has 2 amide bonds. The maximum Gasteiger partial charge on any atom is 0.407 e. The predicted octanol–water partition coefficient (Wildman–Crippen LogP) is 2.99. The summed E-state index contributed by atoms with van der Waals surface area (Å²) in [5.41, 5.74) is 19.9. The van der Waals surface area contributed by atoms with Crippen LogP contribution >= 0.6 is 0 Å². The number of carbonyl (C=O) groups is 3. The second-order valence-electron chi connectivity index (χ2n) is 9.73. The van der Waals surface area contributed by atoms with E-state index in [0.717, 1.165) is 12.8 Å². The van der Waals surface area contributed by atoms with Gasteiger partial charge < -0.3 is 52.1 Å². The lowest BCUT2D eigenvalue weighted by Crippen LogP contribution is -2.37. The van der Waals surface area contributed by atoms with E-state index in [-0.39, 0.29) is 17.7 Å². The Morgan fingerprint density at radius 2 is 1.53 bits per heavy atom. The Morgan fingerprint density at radius 3 is 2.09 bits per heavy atom. The first-order chi connectivity index (χ1) is 20.6. The van der Waals surface area contributed by atoms with Gasteiger partial charge in [-0.3, -0.25) is 4.79 Å². The minimum Gasteiger partial charge on any atom is -0.494 e. The zero-order chi connectivity index (χ0) is 31.4. The molecule has 0 aliphatic carbocycles. The number of rotatable bonds is 12. The number of anilines is 4. The van der Waals surface area contributed by atoms with E-state index >= 15 is 0 Å². The molecule has 0 saturated carbocycles. The summed E-state index contributed by atoms with van der Waals surface area (Å²) >= 11 is 0. The van der Waals surface area contributed by atoms with Gasteiger partial charge in [0.25, 0.3) is 0 Å². The van der Waals surface area contributed by atoms with Crippen molar-refractivity contribution in [3.05, 3.63) is 47.5 Å².